The molecule has 0 bridgehead atoms. The first-order valence-corrected chi connectivity index (χ1v) is 7.90. The Morgan fingerprint density at radius 2 is 1.56 bits per heavy atom. The van der Waals surface area contributed by atoms with Gasteiger partial charge in [0.15, 0.2) is 6.61 Å². The minimum absolute atomic E-state index is 0.347. The molecule has 3 rings (SSSR count). The van der Waals surface area contributed by atoms with Gasteiger partial charge in [0.05, 0.1) is 5.56 Å². The molecular formula is C20H18N2O3. The Hall–Kier alpha value is -3.34. The predicted octanol–water partition coefficient (Wildman–Crippen LogP) is 3.68. The van der Waals surface area contributed by atoms with Crippen LogP contribution >= 0.6 is 0 Å². The van der Waals surface area contributed by atoms with Gasteiger partial charge < -0.3 is 15.4 Å². The van der Waals surface area contributed by atoms with Gasteiger partial charge in [0.2, 0.25) is 0 Å². The number of esters is 1. The van der Waals surface area contributed by atoms with Crippen molar-refractivity contribution < 1.29 is 14.3 Å². The number of carbonyl (C=O) groups excluding carboxylic acids is 2. The van der Waals surface area contributed by atoms with E-state index in [1.165, 1.54) is 0 Å². The van der Waals surface area contributed by atoms with Crippen LogP contribution in [0.1, 0.15) is 10.4 Å². The number of nitrogens with one attached hydrogen (secondary N) is 2. The van der Waals surface area contributed by atoms with Crippen molar-refractivity contribution in [1.29, 1.82) is 0 Å². The molecule has 0 unspecified atom stereocenters. The number of carbonyl (C=O) groups is 2. The number of benzene rings is 3. The highest BCUT2D eigenvalue weighted by atomic mass is 16.5. The third-order valence-corrected chi connectivity index (χ3v) is 3.81. The van der Waals surface area contributed by atoms with Crippen LogP contribution < -0.4 is 10.6 Å². The number of rotatable bonds is 5. The number of fused-ring (bicyclic) bond motifs is 1. The first-order chi connectivity index (χ1) is 12.2. The van der Waals surface area contributed by atoms with Crippen LogP contribution in [0.15, 0.2) is 66.7 Å². The zero-order valence-corrected chi connectivity index (χ0v) is 13.8. The van der Waals surface area contributed by atoms with E-state index in [4.69, 9.17) is 4.74 Å². The van der Waals surface area contributed by atoms with Crippen molar-refractivity contribution in [1.82, 2.24) is 0 Å². The average molecular weight is 334 g/mol. The molecule has 0 fully saturated rings. The van der Waals surface area contributed by atoms with Gasteiger partial charge in [-0.3, -0.25) is 4.79 Å². The van der Waals surface area contributed by atoms with E-state index in [-0.39, 0.29) is 12.5 Å². The van der Waals surface area contributed by atoms with Crippen LogP contribution in [0.5, 0.6) is 0 Å². The van der Waals surface area contributed by atoms with Gasteiger partial charge in [-0.05, 0) is 23.6 Å². The molecule has 3 aromatic rings. The summed E-state index contributed by atoms with van der Waals surface area (Å²) >= 11 is 0. The third kappa shape index (κ3) is 3.77. The van der Waals surface area contributed by atoms with Crippen LogP contribution in [-0.4, -0.2) is 25.5 Å². The van der Waals surface area contributed by atoms with Crippen molar-refractivity contribution in [3.05, 3.63) is 72.3 Å². The van der Waals surface area contributed by atoms with Gasteiger partial charge in [0.1, 0.15) is 0 Å². The minimum Gasteiger partial charge on any atom is -0.452 e. The lowest BCUT2D eigenvalue weighted by Gasteiger charge is -2.10. The quantitative estimate of drug-likeness (QED) is 0.699. The van der Waals surface area contributed by atoms with Crippen LogP contribution in [0.2, 0.25) is 0 Å². The second-order valence-corrected chi connectivity index (χ2v) is 5.45. The normalized spacial score (nSPS) is 10.3. The summed E-state index contributed by atoms with van der Waals surface area (Å²) in [5, 5.41) is 7.67. The fourth-order valence-electron chi connectivity index (χ4n) is 2.61. The van der Waals surface area contributed by atoms with Gasteiger partial charge in [-0.15, -0.1) is 0 Å². The fourth-order valence-corrected chi connectivity index (χ4v) is 2.61. The number of amides is 1. The lowest BCUT2D eigenvalue weighted by molar-refractivity contribution is -0.119. The van der Waals surface area contributed by atoms with Gasteiger partial charge in [0.25, 0.3) is 5.91 Å². The van der Waals surface area contributed by atoms with Crippen molar-refractivity contribution in [3.63, 3.8) is 0 Å². The zero-order valence-electron chi connectivity index (χ0n) is 13.8. The molecule has 0 spiro atoms. The first kappa shape index (κ1) is 16.5. The number of para-hydroxylation sites is 1. The summed E-state index contributed by atoms with van der Waals surface area (Å²) in [4.78, 5) is 24.3. The van der Waals surface area contributed by atoms with Crippen molar-refractivity contribution in [2.24, 2.45) is 0 Å². The lowest BCUT2D eigenvalue weighted by Crippen LogP contribution is -2.21. The molecule has 126 valence electrons. The Morgan fingerprint density at radius 3 is 2.40 bits per heavy atom. The molecule has 0 saturated heterocycles. The molecule has 0 aliphatic rings. The van der Waals surface area contributed by atoms with Crippen LogP contribution in [-0.2, 0) is 9.53 Å². The molecule has 0 aromatic heterocycles. The van der Waals surface area contributed by atoms with Crippen molar-refractivity contribution in [2.75, 3.05) is 24.3 Å². The van der Waals surface area contributed by atoms with E-state index >= 15 is 0 Å². The van der Waals surface area contributed by atoms with E-state index in [0.717, 1.165) is 10.8 Å². The Kier molecular flexibility index (Phi) is 4.95. The van der Waals surface area contributed by atoms with Crippen LogP contribution in [0.3, 0.4) is 0 Å². The van der Waals surface area contributed by atoms with E-state index < -0.39 is 5.97 Å². The summed E-state index contributed by atoms with van der Waals surface area (Å²) in [6, 6.07) is 20.4. The molecule has 0 aliphatic heterocycles. The van der Waals surface area contributed by atoms with Gasteiger partial charge in [0, 0.05) is 23.8 Å². The molecule has 0 aliphatic carbocycles. The van der Waals surface area contributed by atoms with Crippen LogP contribution in [0, 0.1) is 0 Å². The van der Waals surface area contributed by atoms with Crippen molar-refractivity contribution >= 4 is 34.0 Å². The molecule has 25 heavy (non-hydrogen) atoms. The maximum atomic E-state index is 12.2. The molecule has 0 heterocycles. The molecule has 0 radical (unpaired) electrons. The predicted molar refractivity (Wildman–Crippen MR) is 98.8 cm³/mol. The zero-order chi connectivity index (χ0) is 17.6. The number of ether oxygens (including phenoxy) is 1. The standard InChI is InChI=1S/C20H18N2O3/c1-21-17-11-5-4-10-16(17)20(24)25-13-19(23)22-18-12-6-8-14-7-2-3-9-15(14)18/h2-12,21H,13H2,1H3,(H,22,23). The maximum Gasteiger partial charge on any atom is 0.340 e. The second kappa shape index (κ2) is 7.49. The summed E-state index contributed by atoms with van der Waals surface area (Å²) in [5.41, 5.74) is 1.74. The van der Waals surface area contributed by atoms with Crippen molar-refractivity contribution in [3.8, 4) is 0 Å². The Morgan fingerprint density at radius 1 is 0.880 bits per heavy atom. The smallest absolute Gasteiger partial charge is 0.340 e. The Labute approximate surface area is 145 Å². The Balaban J connectivity index is 1.66. The molecular weight excluding hydrogens is 316 g/mol. The maximum absolute atomic E-state index is 12.2. The largest absolute Gasteiger partial charge is 0.452 e. The number of anilines is 2. The molecule has 3 aromatic carbocycles. The highest BCUT2D eigenvalue weighted by Gasteiger charge is 2.14. The Bertz CT molecular complexity index is 916. The summed E-state index contributed by atoms with van der Waals surface area (Å²) < 4.78 is 5.13. The second-order valence-electron chi connectivity index (χ2n) is 5.45. The van der Waals surface area contributed by atoms with Crippen LogP contribution in [0.4, 0.5) is 11.4 Å². The number of hydrogen-bond donors (Lipinski definition) is 2. The molecule has 5 nitrogen and oxygen atoms in total. The summed E-state index contributed by atoms with van der Waals surface area (Å²) in [6.07, 6.45) is 0. The van der Waals surface area contributed by atoms with E-state index in [1.54, 1.807) is 25.2 Å². The highest BCUT2D eigenvalue weighted by molar-refractivity contribution is 6.03. The number of hydrogen-bond acceptors (Lipinski definition) is 4. The lowest BCUT2D eigenvalue weighted by atomic mass is 10.1. The van der Waals surface area contributed by atoms with E-state index in [1.807, 2.05) is 48.5 Å². The van der Waals surface area contributed by atoms with Gasteiger partial charge in [-0.1, -0.05) is 48.5 Å². The molecule has 5 heteroatoms. The van der Waals surface area contributed by atoms with Gasteiger partial charge in [-0.25, -0.2) is 4.79 Å². The average Bonchev–Trinajstić information content (AvgIpc) is 2.66. The third-order valence-electron chi connectivity index (χ3n) is 3.81. The van der Waals surface area contributed by atoms with E-state index in [0.29, 0.717) is 16.9 Å². The van der Waals surface area contributed by atoms with E-state index in [9.17, 15) is 9.59 Å². The highest BCUT2D eigenvalue weighted by Crippen LogP contribution is 2.23. The topological polar surface area (TPSA) is 67.4 Å². The fraction of sp³-hybridized carbons (Fsp3) is 0.100. The van der Waals surface area contributed by atoms with Crippen molar-refractivity contribution in [2.45, 2.75) is 0 Å². The molecule has 0 atom stereocenters. The summed E-state index contributed by atoms with van der Waals surface area (Å²) in [5.74, 6) is -0.926. The molecule has 2 N–H and O–H groups in total. The van der Waals surface area contributed by atoms with Gasteiger partial charge in [-0.2, -0.15) is 0 Å². The van der Waals surface area contributed by atoms with E-state index in [2.05, 4.69) is 10.6 Å². The SMILES string of the molecule is CNc1ccccc1C(=O)OCC(=O)Nc1cccc2ccccc12. The summed E-state index contributed by atoms with van der Waals surface area (Å²) in [7, 11) is 1.72. The first-order valence-electron chi connectivity index (χ1n) is 7.90. The minimum atomic E-state index is -0.544. The molecule has 1 amide bonds. The molecule has 0 saturated carbocycles. The van der Waals surface area contributed by atoms with Crippen LogP contribution in [0.25, 0.3) is 10.8 Å². The monoisotopic (exact) mass is 334 g/mol. The van der Waals surface area contributed by atoms with Gasteiger partial charge >= 0.3 is 5.97 Å². The summed E-state index contributed by atoms with van der Waals surface area (Å²) in [6.45, 7) is -0.347.